The van der Waals surface area contributed by atoms with Gasteiger partial charge in [-0.15, -0.1) is 0 Å². The third-order valence-electron chi connectivity index (χ3n) is 3.29. The number of carbonyl (C=O) groups is 1. The predicted molar refractivity (Wildman–Crippen MR) is 95.6 cm³/mol. The molecule has 0 aliphatic heterocycles. The maximum atomic E-state index is 12.8. The summed E-state index contributed by atoms with van der Waals surface area (Å²) < 4.78 is 36.8. The average molecular weight is 384 g/mol. The maximum Gasteiger partial charge on any atom is 0.344 e. The molecule has 0 heterocycles. The van der Waals surface area contributed by atoms with Crippen molar-refractivity contribution in [3.05, 3.63) is 53.6 Å². The van der Waals surface area contributed by atoms with Crippen molar-refractivity contribution in [3.8, 4) is 5.75 Å². The smallest absolute Gasteiger partial charge is 0.344 e. The van der Waals surface area contributed by atoms with Crippen molar-refractivity contribution in [2.75, 3.05) is 24.6 Å². The predicted octanol–water partition coefficient (Wildman–Crippen LogP) is 3.11. The van der Waals surface area contributed by atoms with E-state index in [1.165, 1.54) is 25.2 Å². The second-order valence-corrected chi connectivity index (χ2v) is 7.43. The number of sulfonamides is 1. The van der Waals surface area contributed by atoms with Gasteiger partial charge in [-0.05, 0) is 31.2 Å². The Morgan fingerprint density at radius 2 is 1.84 bits per heavy atom. The minimum atomic E-state index is -3.83. The Labute approximate surface area is 152 Å². The topological polar surface area (TPSA) is 72.9 Å². The van der Waals surface area contributed by atoms with Crippen molar-refractivity contribution in [2.45, 2.75) is 11.8 Å². The van der Waals surface area contributed by atoms with Gasteiger partial charge in [0.05, 0.1) is 17.2 Å². The Morgan fingerprint density at radius 1 is 1.16 bits per heavy atom. The van der Waals surface area contributed by atoms with Gasteiger partial charge in [0, 0.05) is 18.1 Å². The van der Waals surface area contributed by atoms with Crippen LogP contribution in [0, 0.1) is 0 Å². The standard InChI is InChI=1S/C17H18ClNO5S/c1-3-23-17(20)12-24-15-9-13(18)10-16(11-15)25(21,22)19(2)14-7-5-4-6-8-14/h4-11H,3,12H2,1-2H3. The first-order chi connectivity index (χ1) is 11.8. The first-order valence-electron chi connectivity index (χ1n) is 7.47. The molecule has 0 N–H and O–H groups in total. The van der Waals surface area contributed by atoms with Crippen LogP contribution in [-0.4, -0.2) is 34.6 Å². The zero-order valence-electron chi connectivity index (χ0n) is 13.8. The van der Waals surface area contributed by atoms with Gasteiger partial charge in [-0.2, -0.15) is 0 Å². The number of hydrogen-bond donors (Lipinski definition) is 0. The van der Waals surface area contributed by atoms with Gasteiger partial charge in [-0.3, -0.25) is 4.31 Å². The highest BCUT2D eigenvalue weighted by Crippen LogP contribution is 2.28. The molecular formula is C17H18ClNO5S. The number of anilines is 1. The SMILES string of the molecule is CCOC(=O)COc1cc(Cl)cc(S(=O)(=O)N(C)c2ccccc2)c1. The lowest BCUT2D eigenvalue weighted by molar-refractivity contribution is -0.145. The van der Waals surface area contributed by atoms with Crippen LogP contribution in [-0.2, 0) is 19.6 Å². The molecule has 0 unspecified atom stereocenters. The summed E-state index contributed by atoms with van der Waals surface area (Å²) in [6, 6.07) is 12.7. The number of halogens is 1. The molecule has 2 aromatic rings. The average Bonchev–Trinajstić information content (AvgIpc) is 2.60. The normalized spacial score (nSPS) is 11.0. The van der Waals surface area contributed by atoms with Gasteiger partial charge in [0.2, 0.25) is 0 Å². The number of esters is 1. The Hall–Kier alpha value is -2.25. The second kappa shape index (κ2) is 8.22. The van der Waals surface area contributed by atoms with Crippen LogP contribution in [0.15, 0.2) is 53.4 Å². The first-order valence-corrected chi connectivity index (χ1v) is 9.29. The van der Waals surface area contributed by atoms with Crippen molar-refractivity contribution >= 4 is 33.3 Å². The van der Waals surface area contributed by atoms with E-state index >= 15 is 0 Å². The molecule has 0 aliphatic carbocycles. The fourth-order valence-electron chi connectivity index (χ4n) is 2.05. The van der Waals surface area contributed by atoms with Crippen LogP contribution in [0.25, 0.3) is 0 Å². The minimum absolute atomic E-state index is 0.0368. The van der Waals surface area contributed by atoms with Crippen molar-refractivity contribution in [3.63, 3.8) is 0 Å². The molecule has 2 aromatic carbocycles. The summed E-state index contributed by atoms with van der Waals surface area (Å²) in [5.41, 5.74) is 0.511. The Balaban J connectivity index is 2.27. The van der Waals surface area contributed by atoms with Crippen LogP contribution < -0.4 is 9.04 Å². The molecule has 8 heteroatoms. The van der Waals surface area contributed by atoms with Gasteiger partial charge in [0.25, 0.3) is 10.0 Å². The fourth-order valence-corrected chi connectivity index (χ4v) is 3.60. The summed E-state index contributed by atoms with van der Waals surface area (Å²) in [5, 5.41) is 0.182. The van der Waals surface area contributed by atoms with Crippen LogP contribution in [0.5, 0.6) is 5.75 Å². The number of rotatable bonds is 7. The summed E-state index contributed by atoms with van der Waals surface area (Å²) in [6.07, 6.45) is 0. The van der Waals surface area contributed by atoms with Crippen molar-refractivity contribution in [1.29, 1.82) is 0 Å². The number of hydrogen-bond acceptors (Lipinski definition) is 5. The molecule has 0 atom stereocenters. The summed E-state index contributed by atoms with van der Waals surface area (Å²) in [5.74, 6) is -0.381. The highest BCUT2D eigenvalue weighted by Gasteiger charge is 2.22. The lowest BCUT2D eigenvalue weighted by Crippen LogP contribution is -2.26. The summed E-state index contributed by atoms with van der Waals surface area (Å²) in [4.78, 5) is 11.3. The fraction of sp³-hybridized carbons (Fsp3) is 0.235. The van der Waals surface area contributed by atoms with Gasteiger partial charge < -0.3 is 9.47 Å². The van der Waals surface area contributed by atoms with Crippen LogP contribution in [0.2, 0.25) is 5.02 Å². The molecule has 2 rings (SSSR count). The Morgan fingerprint density at radius 3 is 2.48 bits per heavy atom. The van der Waals surface area contributed by atoms with Crippen molar-refractivity contribution < 1.29 is 22.7 Å². The monoisotopic (exact) mass is 383 g/mol. The number of nitrogens with zero attached hydrogens (tertiary/aromatic N) is 1. The Kier molecular flexibility index (Phi) is 6.27. The molecule has 0 aliphatic rings. The quantitative estimate of drug-likeness (QED) is 0.687. The third kappa shape index (κ3) is 4.87. The molecule has 6 nitrogen and oxygen atoms in total. The van der Waals surface area contributed by atoms with E-state index in [1.54, 1.807) is 37.3 Å². The summed E-state index contributed by atoms with van der Waals surface area (Å²) in [6.45, 7) is 1.59. The van der Waals surface area contributed by atoms with Gasteiger partial charge in [0.15, 0.2) is 6.61 Å². The highest BCUT2D eigenvalue weighted by molar-refractivity contribution is 7.92. The van der Waals surface area contributed by atoms with Crippen molar-refractivity contribution in [1.82, 2.24) is 0 Å². The van der Waals surface area contributed by atoms with E-state index in [9.17, 15) is 13.2 Å². The Bertz CT molecular complexity index is 839. The van der Waals surface area contributed by atoms with Crippen molar-refractivity contribution in [2.24, 2.45) is 0 Å². The van der Waals surface area contributed by atoms with Crippen LogP contribution >= 0.6 is 11.6 Å². The summed E-state index contributed by atoms with van der Waals surface area (Å²) in [7, 11) is -2.38. The van der Waals surface area contributed by atoms with E-state index in [0.717, 1.165) is 4.31 Å². The molecule has 0 radical (unpaired) electrons. The zero-order valence-corrected chi connectivity index (χ0v) is 15.4. The lowest BCUT2D eigenvalue weighted by atomic mass is 10.3. The number of carbonyl (C=O) groups excluding carboxylic acids is 1. The third-order valence-corrected chi connectivity index (χ3v) is 5.27. The van der Waals surface area contributed by atoms with Gasteiger partial charge in [-0.1, -0.05) is 29.8 Å². The van der Waals surface area contributed by atoms with E-state index in [4.69, 9.17) is 21.1 Å². The van der Waals surface area contributed by atoms with E-state index in [1.807, 2.05) is 0 Å². The molecule has 25 heavy (non-hydrogen) atoms. The molecule has 0 spiro atoms. The number of ether oxygens (including phenoxy) is 2. The zero-order chi connectivity index (χ0) is 18.4. The van der Waals surface area contributed by atoms with Crippen LogP contribution in [0.4, 0.5) is 5.69 Å². The first kappa shape index (κ1) is 19.1. The molecule has 0 aromatic heterocycles. The molecule has 0 saturated carbocycles. The molecule has 0 bridgehead atoms. The van der Waals surface area contributed by atoms with Gasteiger partial charge >= 0.3 is 5.97 Å². The van der Waals surface area contributed by atoms with E-state index in [2.05, 4.69) is 0 Å². The number of para-hydroxylation sites is 1. The molecule has 0 amide bonds. The van der Waals surface area contributed by atoms with E-state index in [0.29, 0.717) is 5.69 Å². The minimum Gasteiger partial charge on any atom is -0.482 e. The van der Waals surface area contributed by atoms with Gasteiger partial charge in [-0.25, -0.2) is 13.2 Å². The molecule has 0 saturated heterocycles. The second-order valence-electron chi connectivity index (χ2n) is 5.02. The molecular weight excluding hydrogens is 366 g/mol. The van der Waals surface area contributed by atoms with E-state index in [-0.39, 0.29) is 28.9 Å². The lowest BCUT2D eigenvalue weighted by Gasteiger charge is -2.20. The largest absolute Gasteiger partial charge is 0.482 e. The van der Waals surface area contributed by atoms with Gasteiger partial charge in [0.1, 0.15) is 5.75 Å². The van der Waals surface area contributed by atoms with Crippen LogP contribution in [0.3, 0.4) is 0 Å². The summed E-state index contributed by atoms with van der Waals surface area (Å²) >= 11 is 6.00. The maximum absolute atomic E-state index is 12.8. The van der Waals surface area contributed by atoms with Crippen LogP contribution in [0.1, 0.15) is 6.92 Å². The number of benzene rings is 2. The molecule has 134 valence electrons. The highest BCUT2D eigenvalue weighted by atomic mass is 35.5. The van der Waals surface area contributed by atoms with E-state index < -0.39 is 16.0 Å². The molecule has 0 fully saturated rings.